The van der Waals surface area contributed by atoms with Gasteiger partial charge in [0.1, 0.15) is 60.4 Å². The Balaban J connectivity index is 0.00000238. The first-order valence-corrected chi connectivity index (χ1v) is 30.3. The number of phenols is 1. The van der Waals surface area contributed by atoms with Crippen molar-refractivity contribution in [2.75, 3.05) is 32.7 Å². The number of carbonyl (C=O) groups excluding carboxylic acids is 7. The lowest BCUT2D eigenvalue weighted by Gasteiger charge is -2.35. The predicted molar refractivity (Wildman–Crippen MR) is 316 cm³/mol. The van der Waals surface area contributed by atoms with Gasteiger partial charge >= 0.3 is 11.9 Å². The minimum Gasteiger partial charge on any atom is -0.508 e. The molecule has 0 radical (unpaired) electrons. The number of hydrogen-bond acceptors (Lipinski definition) is 20. The first-order valence-electron chi connectivity index (χ1n) is 30.3. The minimum absolute atomic E-state index is 0.0257. The number of carboxylic acid groups (broad SMARTS) is 2. The Morgan fingerprint density at radius 2 is 1.23 bits per heavy atom. The van der Waals surface area contributed by atoms with Gasteiger partial charge in [-0.15, -0.1) is 0 Å². The van der Waals surface area contributed by atoms with Crippen LogP contribution in [0, 0.1) is 11.8 Å². The molecule has 2 unspecified atom stereocenters. The van der Waals surface area contributed by atoms with Crippen LogP contribution in [0.2, 0.25) is 0 Å². The fourth-order valence-corrected chi connectivity index (χ4v) is 10.2. The van der Waals surface area contributed by atoms with Crippen molar-refractivity contribution in [3.05, 3.63) is 29.8 Å². The molecular weight excluding hydrogens is 1140 g/mol. The number of phenolic OH excluding ortho intramolecular Hbond substituents is 1. The number of nitrogens with zero attached hydrogens (tertiary/aromatic N) is 2. The molecule has 0 aliphatic carbocycles. The van der Waals surface area contributed by atoms with Crippen LogP contribution < -0.4 is 43.4 Å². The summed E-state index contributed by atoms with van der Waals surface area (Å²) in [6, 6.07) is -6.40. The van der Waals surface area contributed by atoms with Gasteiger partial charge in [0.25, 0.3) is 0 Å². The lowest BCUT2D eigenvalue weighted by atomic mass is 9.91. The summed E-state index contributed by atoms with van der Waals surface area (Å²) in [5, 5.41) is 120. The van der Waals surface area contributed by atoms with E-state index in [1.165, 1.54) is 30.7 Å². The molecule has 0 spiro atoms. The third-order valence-electron chi connectivity index (χ3n) is 15.5. The monoisotopic (exact) mass is 1240 g/mol. The van der Waals surface area contributed by atoms with Crippen LogP contribution in [0.5, 0.6) is 5.75 Å². The van der Waals surface area contributed by atoms with E-state index in [-0.39, 0.29) is 69.6 Å². The maximum Gasteiger partial charge on any atom is 0.303 e. The molecule has 20 N–H and O–H groups in total. The van der Waals surface area contributed by atoms with E-state index in [2.05, 4.69) is 52.7 Å². The second kappa shape index (κ2) is 39.7. The fraction of sp³-hybridized carbons (Fsp3) is 0.741. The molecule has 3 aliphatic rings. The number of aliphatic hydroxyl groups excluding tert-OH is 7. The molecular formula is C58H100N10O19. The van der Waals surface area contributed by atoms with Crippen LogP contribution in [0.3, 0.4) is 0 Å². The molecule has 1 aromatic carbocycles. The number of nitrogens with one attached hydrogen (secondary N) is 6. The van der Waals surface area contributed by atoms with E-state index in [9.17, 15) is 84.0 Å². The molecule has 3 aliphatic heterocycles. The number of carboxylic acids is 2. The van der Waals surface area contributed by atoms with Gasteiger partial charge in [0, 0.05) is 58.3 Å². The quantitative estimate of drug-likeness (QED) is 0.0456. The fourth-order valence-electron chi connectivity index (χ4n) is 10.2. The van der Waals surface area contributed by atoms with E-state index in [0.717, 1.165) is 55.2 Å². The van der Waals surface area contributed by atoms with Gasteiger partial charge in [-0.3, -0.25) is 48.5 Å². The molecule has 4 rings (SSSR count). The van der Waals surface area contributed by atoms with Crippen LogP contribution in [0.1, 0.15) is 156 Å². The molecule has 3 fully saturated rings. The number of benzene rings is 1. The van der Waals surface area contributed by atoms with E-state index in [1.807, 2.05) is 0 Å². The van der Waals surface area contributed by atoms with Crippen LogP contribution in [0.15, 0.2) is 24.3 Å². The maximum atomic E-state index is 14.6. The Hall–Kier alpha value is -6.15. The summed E-state index contributed by atoms with van der Waals surface area (Å²) in [7, 11) is 0. The normalized spacial score (nSPS) is 26.2. The third kappa shape index (κ3) is 25.8. The Kier molecular flexibility index (Phi) is 35.1. The molecule has 0 bridgehead atoms. The van der Waals surface area contributed by atoms with Crippen molar-refractivity contribution in [3.8, 4) is 5.75 Å². The Labute approximate surface area is 508 Å². The van der Waals surface area contributed by atoms with Crippen molar-refractivity contribution in [1.29, 1.82) is 0 Å². The smallest absolute Gasteiger partial charge is 0.303 e. The van der Waals surface area contributed by atoms with Crippen LogP contribution in [-0.2, 0) is 43.2 Å². The zero-order valence-corrected chi connectivity index (χ0v) is 51.1. The first-order chi connectivity index (χ1) is 41.1. The number of unbranched alkanes of at least 4 members (excludes halogenated alkanes) is 5. The zero-order chi connectivity index (χ0) is 65.7. The van der Waals surface area contributed by atoms with Gasteiger partial charge in [0.05, 0.1) is 30.5 Å². The number of hydrogen-bond donors (Lipinski definition) is 18. The number of amides is 7. The second-order valence-electron chi connectivity index (χ2n) is 22.8. The van der Waals surface area contributed by atoms with Gasteiger partial charge in [-0.05, 0) is 68.7 Å². The van der Waals surface area contributed by atoms with Gasteiger partial charge in [-0.1, -0.05) is 91.7 Å². The highest BCUT2D eigenvalue weighted by molar-refractivity contribution is 5.98. The zero-order valence-electron chi connectivity index (χ0n) is 51.1. The summed E-state index contributed by atoms with van der Waals surface area (Å²) in [6.45, 7) is 9.93. The molecule has 3 saturated heterocycles. The van der Waals surface area contributed by atoms with E-state index < -0.39 is 158 Å². The first kappa shape index (κ1) is 76.9. The van der Waals surface area contributed by atoms with Crippen molar-refractivity contribution in [2.24, 2.45) is 23.3 Å². The number of aromatic hydroxyl groups is 1. The second-order valence-corrected chi connectivity index (χ2v) is 22.8. The van der Waals surface area contributed by atoms with Gasteiger partial charge < -0.3 is 98.9 Å². The number of fused-ring (bicyclic) bond motifs is 2. The highest BCUT2D eigenvalue weighted by Gasteiger charge is 2.49. The minimum atomic E-state index is -2.28. The standard InChI is InChI=1S/C52H88N10O15.2C3H6O2/c1-5-28(2)24-29(3)12-10-8-6-7-9-11-13-39(69)56-34-26-38(68)46(55-22-21-54)60-50(75)43-37(67)19-23-61(43)52(77)41(36(66)18-20-53)58-49(74)42(45(71)44(70)31-14-16-32(64)17-15-31)59-48(73)35-25-33(65)27-62(35)51(76)40(30(4)63)57-47(34)72;2*1-2-3(4)5/h14-17,28-30,33-38,40-46,55,63-68,70-71H,5-13,18-27,53-54H2,1-4H3,(H,56,69)(H,57,72)(H,58,74)(H,59,73)(H,60,75);2*2H2,1H3,(H,4,5)/t28?,29?,30-,33-,34+,35+,36-,37+,38-,40+,41+,42+,43+,44+,45+,46+;;/m1../s1. The van der Waals surface area contributed by atoms with Crippen LogP contribution in [-0.4, -0.2) is 226 Å². The average molecular weight is 1240 g/mol. The molecule has 1 aromatic rings. The van der Waals surface area contributed by atoms with Crippen molar-refractivity contribution in [1.82, 2.24) is 41.7 Å². The maximum absolute atomic E-state index is 14.6. The highest BCUT2D eigenvalue weighted by Crippen LogP contribution is 2.27. The van der Waals surface area contributed by atoms with Crippen LogP contribution in [0.4, 0.5) is 0 Å². The Morgan fingerprint density at radius 3 is 1.79 bits per heavy atom. The molecule has 496 valence electrons. The molecule has 87 heavy (non-hydrogen) atoms. The molecule has 29 nitrogen and oxygen atoms in total. The van der Waals surface area contributed by atoms with Gasteiger partial charge in [-0.2, -0.15) is 0 Å². The number of carbonyl (C=O) groups is 9. The Morgan fingerprint density at radius 1 is 0.667 bits per heavy atom. The lowest BCUT2D eigenvalue weighted by molar-refractivity contribution is -0.148. The molecule has 0 saturated carbocycles. The molecule has 0 aromatic heterocycles. The summed E-state index contributed by atoms with van der Waals surface area (Å²) in [4.78, 5) is 121. The average Bonchev–Trinajstić information content (AvgIpc) is 2.21. The van der Waals surface area contributed by atoms with Gasteiger partial charge in [-0.25, -0.2) is 0 Å². The number of nitrogens with two attached hydrogens (primary N) is 2. The predicted octanol–water partition coefficient (Wildman–Crippen LogP) is -2.35. The summed E-state index contributed by atoms with van der Waals surface area (Å²) in [5.41, 5.74) is 11.5. The van der Waals surface area contributed by atoms with E-state index >= 15 is 0 Å². The van der Waals surface area contributed by atoms with Gasteiger partial charge in [0.15, 0.2) is 0 Å². The number of aliphatic carboxylic acids is 2. The SMILES string of the molecule is CCC(=O)O.CCC(=O)O.CCC(C)CC(C)CCCCCCCCC(=O)N[C@H]1C[C@@H](O)[C@@H](NCCN)NC(=O)[C@@H]2[C@@H](O)CCN2C(=O)[C@H]([C@H](O)CCN)NC(=O)[C@H]([C@H](O)[C@@H](O)c2ccc(O)cc2)NC(=O)[C@@H]2C[C@@H](O)CN2C(=O)[C@H]([C@@H](C)O)NC1=O. The summed E-state index contributed by atoms with van der Waals surface area (Å²) in [6.07, 6.45) is -6.50. The van der Waals surface area contributed by atoms with E-state index in [0.29, 0.717) is 24.7 Å². The van der Waals surface area contributed by atoms with Crippen molar-refractivity contribution >= 4 is 53.3 Å². The van der Waals surface area contributed by atoms with Crippen molar-refractivity contribution in [2.45, 2.75) is 229 Å². The molecule has 7 amide bonds. The summed E-state index contributed by atoms with van der Waals surface area (Å²) in [5.74, 6) is -7.92. The van der Waals surface area contributed by atoms with Crippen molar-refractivity contribution in [3.63, 3.8) is 0 Å². The summed E-state index contributed by atoms with van der Waals surface area (Å²) < 4.78 is 0. The topological polar surface area (TPSA) is 487 Å². The van der Waals surface area contributed by atoms with Gasteiger partial charge in [0.2, 0.25) is 41.4 Å². The molecule has 3 heterocycles. The third-order valence-corrected chi connectivity index (χ3v) is 15.5. The molecule has 29 heteroatoms. The molecule has 16 atom stereocenters. The lowest BCUT2D eigenvalue weighted by Crippen LogP contribution is -2.65. The van der Waals surface area contributed by atoms with Crippen LogP contribution in [0.25, 0.3) is 0 Å². The highest BCUT2D eigenvalue weighted by atomic mass is 16.4. The van der Waals surface area contributed by atoms with E-state index in [1.54, 1.807) is 13.8 Å². The van der Waals surface area contributed by atoms with E-state index in [4.69, 9.17) is 21.7 Å². The van der Waals surface area contributed by atoms with Crippen LogP contribution >= 0.6 is 0 Å². The Bertz CT molecular complexity index is 2310. The number of rotatable bonds is 25. The largest absolute Gasteiger partial charge is 0.508 e. The van der Waals surface area contributed by atoms with Crippen molar-refractivity contribution < 1.29 is 94.2 Å². The summed E-state index contributed by atoms with van der Waals surface area (Å²) >= 11 is 0. The number of aliphatic hydroxyl groups is 7.